The number of nitrogens with one attached hydrogen (secondary N) is 3. The number of hydrogen-bond donors (Lipinski definition) is 3. The van der Waals surface area contributed by atoms with Crippen molar-refractivity contribution < 1.29 is 9.59 Å². The fraction of sp³-hybridized carbons (Fsp3) is 0.421. The van der Waals surface area contributed by atoms with Gasteiger partial charge in [0.05, 0.1) is 17.6 Å². The first kappa shape index (κ1) is 17.1. The highest BCUT2D eigenvalue weighted by Gasteiger charge is 2.42. The highest BCUT2D eigenvalue weighted by Crippen LogP contribution is 2.33. The number of carbonyl (C=O) groups is 2. The van der Waals surface area contributed by atoms with Crippen molar-refractivity contribution in [2.45, 2.75) is 43.0 Å². The number of nitrogens with zero attached hydrogens (tertiary/aromatic N) is 1. The second-order valence-electron chi connectivity index (χ2n) is 6.83. The second-order valence-corrected chi connectivity index (χ2v) is 8.10. The molecule has 0 saturated carbocycles. The van der Waals surface area contributed by atoms with E-state index in [2.05, 4.69) is 20.9 Å². The first-order valence-electron chi connectivity index (χ1n) is 9.02. The van der Waals surface area contributed by atoms with Crippen LogP contribution in [0.5, 0.6) is 0 Å². The number of aromatic nitrogens is 1. The van der Waals surface area contributed by atoms with Crippen molar-refractivity contribution in [3.8, 4) is 0 Å². The maximum absolute atomic E-state index is 12.2. The molecule has 3 atom stereocenters. The van der Waals surface area contributed by atoms with E-state index in [-0.39, 0.29) is 24.0 Å². The molecule has 26 heavy (non-hydrogen) atoms. The van der Waals surface area contributed by atoms with Gasteiger partial charge in [-0.25, -0.2) is 4.79 Å². The van der Waals surface area contributed by atoms with E-state index in [9.17, 15) is 9.59 Å². The number of anilines is 1. The van der Waals surface area contributed by atoms with Gasteiger partial charge in [0.1, 0.15) is 0 Å². The van der Waals surface area contributed by atoms with Gasteiger partial charge < -0.3 is 16.0 Å². The number of fused-ring (bicyclic) bond motifs is 2. The summed E-state index contributed by atoms with van der Waals surface area (Å²) in [6, 6.07) is 10.1. The summed E-state index contributed by atoms with van der Waals surface area (Å²) < 4.78 is 0. The van der Waals surface area contributed by atoms with E-state index in [4.69, 9.17) is 0 Å². The molecule has 3 N–H and O–H groups in total. The van der Waals surface area contributed by atoms with Crippen LogP contribution in [-0.4, -0.2) is 40.0 Å². The van der Waals surface area contributed by atoms with E-state index in [1.165, 1.54) is 0 Å². The first-order chi connectivity index (χ1) is 12.7. The van der Waals surface area contributed by atoms with Crippen LogP contribution in [0.15, 0.2) is 36.5 Å². The van der Waals surface area contributed by atoms with E-state index in [0.717, 1.165) is 41.6 Å². The second kappa shape index (κ2) is 7.53. The molecular formula is C19H22N4O2S. The van der Waals surface area contributed by atoms with Crippen molar-refractivity contribution in [3.05, 3.63) is 36.5 Å². The highest BCUT2D eigenvalue weighted by molar-refractivity contribution is 8.00. The van der Waals surface area contributed by atoms with Gasteiger partial charge in [-0.1, -0.05) is 12.5 Å². The lowest BCUT2D eigenvalue weighted by Gasteiger charge is -2.16. The molecule has 0 spiro atoms. The number of pyridine rings is 1. The van der Waals surface area contributed by atoms with Gasteiger partial charge in [-0.05, 0) is 37.1 Å². The number of rotatable bonds is 6. The van der Waals surface area contributed by atoms with E-state index in [0.29, 0.717) is 11.7 Å². The summed E-state index contributed by atoms with van der Waals surface area (Å²) in [6.45, 7) is 0. The molecule has 2 aliphatic rings. The van der Waals surface area contributed by atoms with Gasteiger partial charge in [-0.2, -0.15) is 11.8 Å². The Morgan fingerprint density at radius 3 is 3.12 bits per heavy atom. The van der Waals surface area contributed by atoms with Crippen LogP contribution in [0.3, 0.4) is 0 Å². The standard InChI is InChI=1S/C19H22N4O2S/c24-17(21-13-7-8-14-12(10-13)4-3-9-20-14)6-2-1-5-16-18-15(11-26-16)22-19(25)23-18/h3-4,7-10,15-16,18H,1-2,5-6,11H2,(H,21,24)(H2,22,23,25)/t15-,16+,18+/m1/s1. The summed E-state index contributed by atoms with van der Waals surface area (Å²) in [5, 5.41) is 10.4. The molecule has 2 aromatic rings. The lowest BCUT2D eigenvalue weighted by Crippen LogP contribution is -2.36. The molecule has 7 heteroatoms. The molecule has 0 radical (unpaired) electrons. The third-order valence-electron chi connectivity index (χ3n) is 4.97. The Morgan fingerprint density at radius 1 is 1.27 bits per heavy atom. The summed E-state index contributed by atoms with van der Waals surface area (Å²) in [7, 11) is 0. The SMILES string of the molecule is O=C(CCCC[C@@H]1SC[C@H]2NC(=O)N[C@H]12)Nc1ccc2ncccc2c1. The Labute approximate surface area is 156 Å². The van der Waals surface area contributed by atoms with Gasteiger partial charge in [-0.3, -0.25) is 9.78 Å². The molecule has 4 rings (SSSR count). The van der Waals surface area contributed by atoms with Gasteiger partial charge in [0.2, 0.25) is 5.91 Å². The molecule has 2 saturated heterocycles. The van der Waals surface area contributed by atoms with Crippen molar-refractivity contribution in [3.63, 3.8) is 0 Å². The third kappa shape index (κ3) is 3.77. The number of carbonyl (C=O) groups excluding carboxylic acids is 2. The zero-order valence-corrected chi connectivity index (χ0v) is 15.2. The monoisotopic (exact) mass is 370 g/mol. The third-order valence-corrected chi connectivity index (χ3v) is 6.48. The average Bonchev–Trinajstić information content (AvgIpc) is 3.18. The summed E-state index contributed by atoms with van der Waals surface area (Å²) >= 11 is 1.92. The van der Waals surface area contributed by atoms with Crippen LogP contribution in [0, 0.1) is 0 Å². The minimum atomic E-state index is -0.0461. The number of hydrogen-bond acceptors (Lipinski definition) is 4. The van der Waals surface area contributed by atoms with Crippen LogP contribution in [0.1, 0.15) is 25.7 Å². The summed E-state index contributed by atoms with van der Waals surface area (Å²) in [4.78, 5) is 27.8. The van der Waals surface area contributed by atoms with E-state index < -0.39 is 0 Å². The van der Waals surface area contributed by atoms with Crippen LogP contribution in [0.4, 0.5) is 10.5 Å². The smallest absolute Gasteiger partial charge is 0.315 e. The van der Waals surface area contributed by atoms with Crippen LogP contribution < -0.4 is 16.0 Å². The molecule has 1 aromatic heterocycles. The number of amides is 3. The molecule has 0 bridgehead atoms. The zero-order valence-electron chi connectivity index (χ0n) is 14.4. The highest BCUT2D eigenvalue weighted by atomic mass is 32.2. The van der Waals surface area contributed by atoms with Crippen molar-refractivity contribution in [1.29, 1.82) is 0 Å². The number of unbranched alkanes of at least 4 members (excludes halogenated alkanes) is 1. The Bertz CT molecular complexity index is 828. The van der Waals surface area contributed by atoms with E-state index in [1.54, 1.807) is 6.20 Å². The van der Waals surface area contributed by atoms with Crippen molar-refractivity contribution in [1.82, 2.24) is 15.6 Å². The van der Waals surface area contributed by atoms with Crippen LogP contribution >= 0.6 is 11.8 Å². The maximum atomic E-state index is 12.2. The molecule has 136 valence electrons. The maximum Gasteiger partial charge on any atom is 0.315 e. The first-order valence-corrected chi connectivity index (χ1v) is 10.1. The quantitative estimate of drug-likeness (QED) is 0.539. The Kier molecular flexibility index (Phi) is 4.97. The molecule has 2 fully saturated rings. The van der Waals surface area contributed by atoms with E-state index in [1.807, 2.05) is 42.1 Å². The summed E-state index contributed by atoms with van der Waals surface area (Å²) in [5.41, 5.74) is 1.73. The van der Waals surface area contributed by atoms with Gasteiger partial charge in [0.15, 0.2) is 0 Å². The van der Waals surface area contributed by atoms with Gasteiger partial charge in [0, 0.05) is 34.7 Å². The molecular weight excluding hydrogens is 348 g/mol. The van der Waals surface area contributed by atoms with E-state index >= 15 is 0 Å². The minimum Gasteiger partial charge on any atom is -0.332 e. The van der Waals surface area contributed by atoms with Crippen LogP contribution in [0.25, 0.3) is 10.9 Å². The number of benzene rings is 1. The number of urea groups is 1. The van der Waals surface area contributed by atoms with Crippen LogP contribution in [-0.2, 0) is 4.79 Å². The number of thioether (sulfide) groups is 1. The van der Waals surface area contributed by atoms with Gasteiger partial charge in [0.25, 0.3) is 0 Å². The Morgan fingerprint density at radius 2 is 2.19 bits per heavy atom. The van der Waals surface area contributed by atoms with Gasteiger partial charge in [-0.15, -0.1) is 0 Å². The molecule has 2 aliphatic heterocycles. The molecule has 1 aromatic carbocycles. The zero-order chi connectivity index (χ0) is 17.9. The fourth-order valence-electron chi connectivity index (χ4n) is 3.65. The normalized spacial score (nSPS) is 24.2. The molecule has 6 nitrogen and oxygen atoms in total. The predicted molar refractivity (Wildman–Crippen MR) is 104 cm³/mol. The predicted octanol–water partition coefficient (Wildman–Crippen LogP) is 2.90. The Hall–Kier alpha value is -2.28. The lowest BCUT2D eigenvalue weighted by molar-refractivity contribution is -0.116. The molecule has 0 unspecified atom stereocenters. The Balaban J connectivity index is 1.21. The summed E-state index contributed by atoms with van der Waals surface area (Å²) in [6.07, 6.45) is 5.16. The summed E-state index contributed by atoms with van der Waals surface area (Å²) in [5.74, 6) is 1.02. The largest absolute Gasteiger partial charge is 0.332 e. The molecule has 0 aliphatic carbocycles. The van der Waals surface area contributed by atoms with Crippen LogP contribution in [0.2, 0.25) is 0 Å². The van der Waals surface area contributed by atoms with Crippen molar-refractivity contribution in [2.24, 2.45) is 0 Å². The van der Waals surface area contributed by atoms with Crippen molar-refractivity contribution in [2.75, 3.05) is 11.1 Å². The molecule has 3 amide bonds. The van der Waals surface area contributed by atoms with Gasteiger partial charge >= 0.3 is 6.03 Å². The molecule has 3 heterocycles. The minimum absolute atomic E-state index is 0.0426. The lowest BCUT2D eigenvalue weighted by atomic mass is 10.0. The topological polar surface area (TPSA) is 83.1 Å². The average molecular weight is 370 g/mol. The van der Waals surface area contributed by atoms with Crippen molar-refractivity contribution >= 4 is 40.3 Å². The fourth-order valence-corrected chi connectivity index (χ4v) is 5.19.